The molecule has 3 rings (SSSR count). The fourth-order valence-corrected chi connectivity index (χ4v) is 4.27. The van der Waals surface area contributed by atoms with Crippen LogP contribution in [0.1, 0.15) is 15.2 Å². The van der Waals surface area contributed by atoms with E-state index in [-0.39, 0.29) is 28.0 Å². The Kier molecular flexibility index (Phi) is 8.82. The molecule has 0 bridgehead atoms. The van der Waals surface area contributed by atoms with Gasteiger partial charge in [0, 0.05) is 37.9 Å². The van der Waals surface area contributed by atoms with Crippen LogP contribution in [0, 0.1) is 5.41 Å². The molecule has 10 nitrogen and oxygen atoms in total. The van der Waals surface area contributed by atoms with Gasteiger partial charge in [-0.1, -0.05) is 0 Å². The lowest BCUT2D eigenvalue weighted by molar-refractivity contribution is -0.274. The van der Waals surface area contributed by atoms with E-state index < -0.39 is 23.9 Å². The van der Waals surface area contributed by atoms with Gasteiger partial charge in [0.1, 0.15) is 5.04 Å². The van der Waals surface area contributed by atoms with Gasteiger partial charge in [-0.25, -0.2) is 0 Å². The first-order valence-electron chi connectivity index (χ1n) is 10.1. The third-order valence-electron chi connectivity index (χ3n) is 4.76. The molecule has 2 heterocycles. The number of thiazole rings is 1. The van der Waals surface area contributed by atoms with E-state index in [1.165, 1.54) is 23.0 Å². The standard InChI is InChI=1S/C20H22F3N7O3S2/c1-29-4-6-30(7-5-29)10-16(31)27-13-8-12(2-3-14(13)33-20(21,22)23)18(32)28-19(25)35-17(24)15-9-26-11-34-15/h2-3,8-9,11,24H,4-7,10H2,1H3,(H,27,31)(H2,25,28,32). The maximum Gasteiger partial charge on any atom is 0.573 e. The lowest BCUT2D eigenvalue weighted by Crippen LogP contribution is -2.47. The molecule has 0 saturated carbocycles. The number of hydrogen-bond donors (Lipinski definition) is 3. The summed E-state index contributed by atoms with van der Waals surface area (Å²) in [6.45, 7) is 2.77. The summed E-state index contributed by atoms with van der Waals surface area (Å²) in [4.78, 5) is 37.1. The first-order valence-corrected chi connectivity index (χ1v) is 11.8. The summed E-state index contributed by atoms with van der Waals surface area (Å²) in [6, 6.07) is 3.04. The molecule has 1 aromatic heterocycles. The van der Waals surface area contributed by atoms with Crippen molar-refractivity contribution in [2.75, 3.05) is 45.1 Å². The molecular weight excluding hydrogens is 507 g/mol. The van der Waals surface area contributed by atoms with E-state index in [2.05, 4.69) is 24.9 Å². The van der Waals surface area contributed by atoms with Gasteiger partial charge in [0.05, 0.1) is 22.6 Å². The molecule has 0 aliphatic carbocycles. The quantitative estimate of drug-likeness (QED) is 0.383. The predicted molar refractivity (Wildman–Crippen MR) is 128 cm³/mol. The van der Waals surface area contributed by atoms with E-state index in [0.717, 1.165) is 43.1 Å². The molecule has 35 heavy (non-hydrogen) atoms. The van der Waals surface area contributed by atoms with Crippen molar-refractivity contribution >= 4 is 50.8 Å². The van der Waals surface area contributed by atoms with Crippen molar-refractivity contribution in [3.8, 4) is 5.75 Å². The number of amidine groups is 1. The monoisotopic (exact) mass is 529 g/mol. The number of aromatic nitrogens is 1. The van der Waals surface area contributed by atoms with E-state index >= 15 is 0 Å². The van der Waals surface area contributed by atoms with E-state index in [1.807, 2.05) is 11.9 Å². The molecule has 0 atom stereocenters. The van der Waals surface area contributed by atoms with Crippen LogP contribution in [-0.4, -0.2) is 82.9 Å². The summed E-state index contributed by atoms with van der Waals surface area (Å²) in [5.41, 5.74) is 6.83. The number of thioether (sulfide) groups is 1. The van der Waals surface area contributed by atoms with Gasteiger partial charge in [0.25, 0.3) is 5.91 Å². The normalized spacial score (nSPS) is 15.6. The largest absolute Gasteiger partial charge is 0.573 e. The number of anilines is 1. The fraction of sp³-hybridized carbons (Fsp3) is 0.350. The van der Waals surface area contributed by atoms with Gasteiger partial charge in [-0.2, -0.15) is 4.99 Å². The fourth-order valence-electron chi connectivity index (χ4n) is 3.04. The minimum Gasteiger partial charge on any atom is -0.404 e. The molecule has 2 amide bonds. The van der Waals surface area contributed by atoms with Crippen LogP contribution in [0.5, 0.6) is 5.75 Å². The lowest BCUT2D eigenvalue weighted by Gasteiger charge is -2.31. The van der Waals surface area contributed by atoms with Crippen LogP contribution in [0.15, 0.2) is 34.9 Å². The van der Waals surface area contributed by atoms with Crippen molar-refractivity contribution in [1.82, 2.24) is 14.8 Å². The number of nitrogens with two attached hydrogens (primary N) is 1. The number of ether oxygens (including phenoxy) is 1. The number of aliphatic imine (C=N–C) groups is 1. The Morgan fingerprint density at radius 3 is 2.66 bits per heavy atom. The van der Waals surface area contributed by atoms with Gasteiger partial charge in [-0.3, -0.25) is 24.9 Å². The van der Waals surface area contributed by atoms with Crippen molar-refractivity contribution in [2.24, 2.45) is 10.7 Å². The first kappa shape index (κ1) is 26.6. The van der Waals surface area contributed by atoms with Gasteiger partial charge in [0.15, 0.2) is 10.9 Å². The Morgan fingerprint density at radius 2 is 2.03 bits per heavy atom. The third-order valence-corrected chi connectivity index (χ3v) is 6.41. The zero-order valence-corrected chi connectivity index (χ0v) is 20.1. The maximum absolute atomic E-state index is 12.9. The number of nitrogens with one attached hydrogen (secondary N) is 2. The zero-order valence-electron chi connectivity index (χ0n) is 18.5. The molecule has 2 aromatic rings. The van der Waals surface area contributed by atoms with Crippen molar-refractivity contribution < 1.29 is 27.5 Å². The van der Waals surface area contributed by atoms with Crippen LogP contribution in [-0.2, 0) is 4.79 Å². The summed E-state index contributed by atoms with van der Waals surface area (Å²) in [5.74, 6) is -2.08. The van der Waals surface area contributed by atoms with Crippen LogP contribution < -0.4 is 15.8 Å². The van der Waals surface area contributed by atoms with Crippen molar-refractivity contribution in [3.63, 3.8) is 0 Å². The highest BCUT2D eigenvalue weighted by molar-refractivity contribution is 8.27. The molecular formula is C20H22F3N7O3S2. The number of halogens is 3. The van der Waals surface area contributed by atoms with Crippen LogP contribution in [0.3, 0.4) is 0 Å². The Hall–Kier alpha value is -3.01. The molecule has 1 aliphatic rings. The van der Waals surface area contributed by atoms with Gasteiger partial charge in [0.2, 0.25) is 5.91 Å². The van der Waals surface area contributed by atoms with Crippen LogP contribution in [0.2, 0.25) is 0 Å². The van der Waals surface area contributed by atoms with Gasteiger partial charge in [-0.05, 0) is 37.0 Å². The minimum atomic E-state index is -5.00. The average molecular weight is 530 g/mol. The molecule has 15 heteroatoms. The first-order chi connectivity index (χ1) is 16.5. The molecule has 0 radical (unpaired) electrons. The van der Waals surface area contributed by atoms with Crippen LogP contribution in [0.4, 0.5) is 18.9 Å². The van der Waals surface area contributed by atoms with Gasteiger partial charge < -0.3 is 20.7 Å². The smallest absolute Gasteiger partial charge is 0.404 e. The van der Waals surface area contributed by atoms with Crippen LogP contribution >= 0.6 is 23.1 Å². The average Bonchev–Trinajstić information content (AvgIpc) is 3.30. The molecule has 0 unspecified atom stereocenters. The van der Waals surface area contributed by atoms with Crippen molar-refractivity contribution in [3.05, 3.63) is 40.3 Å². The van der Waals surface area contributed by atoms with E-state index in [0.29, 0.717) is 18.0 Å². The summed E-state index contributed by atoms with van der Waals surface area (Å²) in [7, 11) is 1.96. The van der Waals surface area contributed by atoms with Gasteiger partial charge in [-0.15, -0.1) is 24.5 Å². The molecule has 4 N–H and O–H groups in total. The summed E-state index contributed by atoms with van der Waals surface area (Å²) >= 11 is 1.94. The van der Waals surface area contributed by atoms with Gasteiger partial charge >= 0.3 is 6.36 Å². The number of hydrogen-bond acceptors (Lipinski definition) is 9. The SMILES string of the molecule is CN1CCN(CC(=O)Nc2cc(C(=O)N=C(N)SC(=N)c3cncs3)ccc2OC(F)(F)F)CC1. The van der Waals surface area contributed by atoms with Crippen LogP contribution in [0.25, 0.3) is 0 Å². The predicted octanol–water partition coefficient (Wildman–Crippen LogP) is 2.44. The second-order valence-electron chi connectivity index (χ2n) is 7.44. The highest BCUT2D eigenvalue weighted by Crippen LogP contribution is 2.31. The summed E-state index contributed by atoms with van der Waals surface area (Å²) in [6.07, 6.45) is -3.54. The Labute approximate surface area is 206 Å². The Bertz CT molecular complexity index is 1100. The second kappa shape index (κ2) is 11.6. The Morgan fingerprint density at radius 1 is 1.31 bits per heavy atom. The zero-order chi connectivity index (χ0) is 25.6. The van der Waals surface area contributed by atoms with Crippen molar-refractivity contribution in [2.45, 2.75) is 6.36 Å². The number of alkyl halides is 3. The molecule has 0 spiro atoms. The van der Waals surface area contributed by atoms with E-state index in [1.54, 1.807) is 0 Å². The number of benzene rings is 1. The highest BCUT2D eigenvalue weighted by Gasteiger charge is 2.32. The maximum atomic E-state index is 12.9. The summed E-state index contributed by atoms with van der Waals surface area (Å²) in [5, 5.41) is 10.1. The number of carbonyl (C=O) groups excluding carboxylic acids is 2. The number of rotatable bonds is 6. The molecule has 1 aliphatic heterocycles. The molecule has 188 valence electrons. The van der Waals surface area contributed by atoms with E-state index in [9.17, 15) is 22.8 Å². The number of nitrogens with zero attached hydrogens (tertiary/aromatic N) is 4. The molecule has 1 saturated heterocycles. The molecule has 1 aromatic carbocycles. The number of carbonyl (C=O) groups is 2. The minimum absolute atomic E-state index is 0.0289. The lowest BCUT2D eigenvalue weighted by atomic mass is 10.1. The number of piperazine rings is 1. The topological polar surface area (TPSA) is 137 Å². The third kappa shape index (κ3) is 8.31. The summed E-state index contributed by atoms with van der Waals surface area (Å²) < 4.78 is 42.6. The Balaban J connectivity index is 1.74. The number of likely N-dealkylation sites (N-methyl/N-ethyl adjacent to an activating group) is 1. The van der Waals surface area contributed by atoms with Crippen molar-refractivity contribution in [1.29, 1.82) is 5.41 Å². The molecule has 1 fully saturated rings. The van der Waals surface area contributed by atoms with E-state index in [4.69, 9.17) is 11.1 Å². The second-order valence-corrected chi connectivity index (χ2v) is 9.36. The number of amides is 2. The highest BCUT2D eigenvalue weighted by atomic mass is 32.2.